The molecule has 0 saturated carbocycles. The van der Waals surface area contributed by atoms with E-state index in [-0.39, 0.29) is 11.6 Å². The fourth-order valence-corrected chi connectivity index (χ4v) is 0.747. The van der Waals surface area contributed by atoms with Crippen LogP contribution in [0.5, 0.6) is 0 Å². The molecular weight excluding hydrogens is 160 g/mol. The van der Waals surface area contributed by atoms with Crippen molar-refractivity contribution in [1.82, 2.24) is 10.5 Å². The van der Waals surface area contributed by atoms with Gasteiger partial charge in [-0.15, -0.1) is 0 Å². The predicted molar refractivity (Wildman–Crippen MR) is 41.9 cm³/mol. The van der Waals surface area contributed by atoms with Crippen molar-refractivity contribution in [2.45, 2.75) is 19.9 Å². The molecule has 5 nitrogen and oxygen atoms in total. The van der Waals surface area contributed by atoms with Crippen LogP contribution in [0.15, 0.2) is 15.6 Å². The van der Waals surface area contributed by atoms with Gasteiger partial charge < -0.3 is 9.84 Å². The molecule has 12 heavy (non-hydrogen) atoms. The summed E-state index contributed by atoms with van der Waals surface area (Å²) >= 11 is 0. The highest BCUT2D eigenvalue weighted by Gasteiger charge is 2.12. The zero-order valence-electron chi connectivity index (χ0n) is 6.88. The van der Waals surface area contributed by atoms with Crippen LogP contribution < -0.4 is 10.9 Å². The monoisotopic (exact) mass is 170 g/mol. The van der Waals surface area contributed by atoms with E-state index in [4.69, 9.17) is 0 Å². The van der Waals surface area contributed by atoms with Gasteiger partial charge in [-0.05, 0) is 13.8 Å². The molecule has 1 aromatic rings. The maximum Gasteiger partial charge on any atom is 0.292 e. The molecule has 1 aromatic heterocycles. The molecule has 0 radical (unpaired) electrons. The number of nitrogens with one attached hydrogen (secondary N) is 2. The maximum absolute atomic E-state index is 11.1. The van der Waals surface area contributed by atoms with Crippen LogP contribution in [0, 0.1) is 0 Å². The third-order valence-corrected chi connectivity index (χ3v) is 1.24. The van der Waals surface area contributed by atoms with Crippen LogP contribution in [-0.2, 0) is 0 Å². The van der Waals surface area contributed by atoms with Crippen LogP contribution in [0.4, 0.5) is 0 Å². The zero-order chi connectivity index (χ0) is 9.14. The summed E-state index contributed by atoms with van der Waals surface area (Å²) in [6, 6.07) is 0.00630. The molecule has 1 amide bonds. The molecule has 1 rings (SSSR count). The van der Waals surface area contributed by atoms with E-state index >= 15 is 0 Å². The van der Waals surface area contributed by atoms with Gasteiger partial charge in [-0.25, -0.2) is 0 Å². The van der Waals surface area contributed by atoms with Gasteiger partial charge in [0.2, 0.25) is 0 Å². The number of amides is 1. The fraction of sp³-hybridized carbons (Fsp3) is 0.429. The molecule has 0 unspecified atom stereocenters. The SMILES string of the molecule is CC(C)NC(=O)c1co[nH]c1=O. The molecule has 0 saturated heterocycles. The third-order valence-electron chi connectivity index (χ3n) is 1.24. The number of H-pyrrole nitrogens is 1. The van der Waals surface area contributed by atoms with Crippen molar-refractivity contribution in [3.8, 4) is 0 Å². The first kappa shape index (κ1) is 8.58. The highest BCUT2D eigenvalue weighted by Crippen LogP contribution is 1.90. The molecular formula is C7H10N2O3. The van der Waals surface area contributed by atoms with E-state index in [0.29, 0.717) is 0 Å². The summed E-state index contributed by atoms with van der Waals surface area (Å²) in [5, 5.41) is 4.60. The van der Waals surface area contributed by atoms with E-state index in [1.807, 2.05) is 19.0 Å². The van der Waals surface area contributed by atoms with Crippen molar-refractivity contribution in [1.29, 1.82) is 0 Å². The minimum atomic E-state index is -0.506. The quantitative estimate of drug-likeness (QED) is 0.661. The summed E-state index contributed by atoms with van der Waals surface area (Å²) < 4.78 is 4.45. The topological polar surface area (TPSA) is 75.1 Å². The molecule has 0 aliphatic rings. The minimum absolute atomic E-state index is 0.00343. The smallest absolute Gasteiger partial charge is 0.292 e. The molecule has 1 heterocycles. The van der Waals surface area contributed by atoms with E-state index in [9.17, 15) is 9.59 Å². The van der Waals surface area contributed by atoms with Gasteiger partial charge in [0, 0.05) is 6.04 Å². The molecule has 2 N–H and O–H groups in total. The summed E-state index contributed by atoms with van der Waals surface area (Å²) in [7, 11) is 0. The van der Waals surface area contributed by atoms with E-state index in [1.165, 1.54) is 0 Å². The number of hydrogen-bond acceptors (Lipinski definition) is 3. The molecule has 0 bridgehead atoms. The van der Waals surface area contributed by atoms with Crippen LogP contribution in [0.1, 0.15) is 24.2 Å². The van der Waals surface area contributed by atoms with Gasteiger partial charge in [-0.1, -0.05) is 0 Å². The Balaban J connectivity index is 2.79. The standard InChI is InChI=1S/C7H10N2O3/c1-4(2)8-6(10)5-3-12-9-7(5)11/h3-4H,1-2H3,(H,8,10)(H,9,11). The Morgan fingerprint density at radius 1 is 1.67 bits per heavy atom. The van der Waals surface area contributed by atoms with Crippen LogP contribution in [0.25, 0.3) is 0 Å². The van der Waals surface area contributed by atoms with Crippen molar-refractivity contribution >= 4 is 5.91 Å². The molecule has 0 atom stereocenters. The van der Waals surface area contributed by atoms with Crippen LogP contribution in [0.2, 0.25) is 0 Å². The second-order valence-electron chi connectivity index (χ2n) is 2.71. The Bertz CT molecular complexity index is 323. The van der Waals surface area contributed by atoms with Crippen molar-refractivity contribution in [3.63, 3.8) is 0 Å². The lowest BCUT2D eigenvalue weighted by Crippen LogP contribution is -2.32. The van der Waals surface area contributed by atoms with Gasteiger partial charge >= 0.3 is 0 Å². The van der Waals surface area contributed by atoms with Crippen LogP contribution in [0.3, 0.4) is 0 Å². The van der Waals surface area contributed by atoms with E-state index in [1.54, 1.807) is 0 Å². The Kier molecular flexibility index (Phi) is 2.32. The molecule has 5 heteroatoms. The normalized spacial score (nSPS) is 10.2. The molecule has 0 aliphatic carbocycles. The van der Waals surface area contributed by atoms with Gasteiger partial charge in [-0.2, -0.15) is 5.16 Å². The third kappa shape index (κ3) is 1.75. The Hall–Kier alpha value is -1.52. The summed E-state index contributed by atoms with van der Waals surface area (Å²) in [5.41, 5.74) is -0.503. The Morgan fingerprint density at radius 2 is 2.33 bits per heavy atom. The summed E-state index contributed by atoms with van der Waals surface area (Å²) in [6.45, 7) is 3.62. The number of hydrogen-bond donors (Lipinski definition) is 2. The van der Waals surface area contributed by atoms with Gasteiger partial charge in [0.05, 0.1) is 0 Å². The average Bonchev–Trinajstić information content (AvgIpc) is 2.33. The number of carbonyl (C=O) groups is 1. The van der Waals surface area contributed by atoms with Crippen molar-refractivity contribution in [3.05, 3.63) is 22.2 Å². The van der Waals surface area contributed by atoms with E-state index in [0.717, 1.165) is 6.26 Å². The number of aromatic amines is 1. The average molecular weight is 170 g/mol. The Labute approximate surface area is 68.7 Å². The number of rotatable bonds is 2. The molecule has 66 valence electrons. The second kappa shape index (κ2) is 3.25. The summed E-state index contributed by atoms with van der Waals surface area (Å²) in [5.74, 6) is -0.417. The molecule has 0 fully saturated rings. The van der Waals surface area contributed by atoms with E-state index in [2.05, 4.69) is 9.84 Å². The first-order valence-corrected chi connectivity index (χ1v) is 3.58. The number of aromatic nitrogens is 1. The molecule has 0 spiro atoms. The lowest BCUT2D eigenvalue weighted by molar-refractivity contribution is 0.0941. The van der Waals surface area contributed by atoms with Gasteiger partial charge in [0.1, 0.15) is 11.8 Å². The van der Waals surface area contributed by atoms with Crippen molar-refractivity contribution in [2.75, 3.05) is 0 Å². The van der Waals surface area contributed by atoms with Gasteiger partial charge in [0.25, 0.3) is 11.5 Å². The molecule has 0 aliphatic heterocycles. The lowest BCUT2D eigenvalue weighted by atomic mass is 10.3. The van der Waals surface area contributed by atoms with Crippen LogP contribution in [-0.4, -0.2) is 17.1 Å². The fourth-order valence-electron chi connectivity index (χ4n) is 0.747. The minimum Gasteiger partial charge on any atom is -0.386 e. The summed E-state index contributed by atoms with van der Waals surface area (Å²) in [4.78, 5) is 22.0. The lowest BCUT2D eigenvalue weighted by Gasteiger charge is -2.04. The largest absolute Gasteiger partial charge is 0.386 e. The Morgan fingerprint density at radius 3 is 2.75 bits per heavy atom. The highest BCUT2D eigenvalue weighted by molar-refractivity contribution is 5.93. The first-order valence-electron chi connectivity index (χ1n) is 3.58. The van der Waals surface area contributed by atoms with Gasteiger partial charge in [-0.3, -0.25) is 9.59 Å². The van der Waals surface area contributed by atoms with Gasteiger partial charge in [0.15, 0.2) is 0 Å². The van der Waals surface area contributed by atoms with Crippen LogP contribution >= 0.6 is 0 Å². The van der Waals surface area contributed by atoms with E-state index < -0.39 is 11.5 Å². The maximum atomic E-state index is 11.1. The van der Waals surface area contributed by atoms with Crippen molar-refractivity contribution in [2.24, 2.45) is 0 Å². The van der Waals surface area contributed by atoms with Crippen molar-refractivity contribution < 1.29 is 9.32 Å². The predicted octanol–water partition coefficient (Wildman–Crippen LogP) is 0.106. The first-order chi connectivity index (χ1) is 5.61. The second-order valence-corrected chi connectivity index (χ2v) is 2.71. The summed E-state index contributed by atoms with van der Waals surface area (Å²) in [6.07, 6.45) is 1.10. The zero-order valence-corrected chi connectivity index (χ0v) is 6.88. The highest BCUT2D eigenvalue weighted by atomic mass is 16.5. The number of carbonyl (C=O) groups excluding carboxylic acids is 1. The molecule has 0 aromatic carbocycles.